The van der Waals surface area contributed by atoms with Gasteiger partial charge in [-0.25, -0.2) is 9.69 Å². The zero-order valence-electron chi connectivity index (χ0n) is 17.6. The molecule has 7 nitrogen and oxygen atoms in total. The van der Waals surface area contributed by atoms with E-state index in [1.165, 1.54) is 30.2 Å². The normalized spacial score (nSPS) is 15.4. The van der Waals surface area contributed by atoms with Crippen molar-refractivity contribution in [3.63, 3.8) is 0 Å². The fourth-order valence-corrected chi connectivity index (χ4v) is 4.61. The minimum absolute atomic E-state index is 0.0305. The molecule has 2 amide bonds. The minimum atomic E-state index is -0.659. The Morgan fingerprint density at radius 3 is 2.45 bits per heavy atom. The Hall–Kier alpha value is -3.91. The molecule has 0 bridgehead atoms. The summed E-state index contributed by atoms with van der Waals surface area (Å²) in [5, 5.41) is -0.659. The predicted octanol–water partition coefficient (Wildman–Crippen LogP) is 4.15. The lowest BCUT2D eigenvalue weighted by molar-refractivity contribution is -0.121. The van der Waals surface area contributed by atoms with Crippen LogP contribution in [-0.2, 0) is 9.59 Å². The highest BCUT2D eigenvalue weighted by molar-refractivity contribution is 8.00. The highest BCUT2D eigenvalue weighted by atomic mass is 32.2. The van der Waals surface area contributed by atoms with E-state index in [2.05, 4.69) is 0 Å². The van der Waals surface area contributed by atoms with Crippen molar-refractivity contribution in [3.05, 3.63) is 83.9 Å². The number of anilines is 1. The minimum Gasteiger partial charge on any atom is -0.493 e. The average Bonchev–Trinajstić information content (AvgIpc) is 3.12. The number of hydrogen-bond acceptors (Lipinski definition) is 7. The van der Waals surface area contributed by atoms with Gasteiger partial charge in [-0.1, -0.05) is 30.3 Å². The topological polar surface area (TPSA) is 90.0 Å². The summed E-state index contributed by atoms with van der Waals surface area (Å²) in [4.78, 5) is 51.1. The molecule has 4 rings (SSSR count). The van der Waals surface area contributed by atoms with E-state index in [0.29, 0.717) is 22.4 Å². The van der Waals surface area contributed by atoms with Gasteiger partial charge in [-0.3, -0.25) is 14.4 Å². The lowest BCUT2D eigenvalue weighted by atomic mass is 10.2. The van der Waals surface area contributed by atoms with Gasteiger partial charge in [0.15, 0.2) is 11.5 Å². The molecule has 1 fully saturated rings. The third kappa shape index (κ3) is 4.65. The van der Waals surface area contributed by atoms with Gasteiger partial charge < -0.3 is 9.47 Å². The molecule has 0 radical (unpaired) electrons. The second-order valence-electron chi connectivity index (χ2n) is 7.13. The molecule has 1 unspecified atom stereocenters. The first-order valence-corrected chi connectivity index (χ1v) is 10.9. The van der Waals surface area contributed by atoms with Crippen molar-refractivity contribution in [1.29, 1.82) is 0 Å². The number of benzene rings is 3. The number of ether oxygens (including phenoxy) is 2. The van der Waals surface area contributed by atoms with Gasteiger partial charge in [0.1, 0.15) is 6.29 Å². The number of aldehydes is 1. The van der Waals surface area contributed by atoms with E-state index in [9.17, 15) is 19.2 Å². The summed E-state index contributed by atoms with van der Waals surface area (Å²) in [6, 6.07) is 19.9. The lowest BCUT2D eigenvalue weighted by Crippen LogP contribution is -2.31. The van der Waals surface area contributed by atoms with E-state index < -0.39 is 11.2 Å². The monoisotopic (exact) mass is 461 g/mol. The number of imide groups is 1. The molecule has 1 aliphatic rings. The largest absolute Gasteiger partial charge is 0.493 e. The summed E-state index contributed by atoms with van der Waals surface area (Å²) in [5.41, 5.74) is 1.16. The number of methoxy groups -OCH3 is 1. The first-order valence-electron chi connectivity index (χ1n) is 10.0. The molecule has 1 heterocycles. The Labute approximate surface area is 194 Å². The van der Waals surface area contributed by atoms with E-state index in [1.807, 2.05) is 6.07 Å². The van der Waals surface area contributed by atoms with Crippen molar-refractivity contribution < 1.29 is 28.7 Å². The van der Waals surface area contributed by atoms with Crippen LogP contribution in [0.15, 0.2) is 77.7 Å². The smallest absolute Gasteiger partial charge is 0.344 e. The molecule has 3 aromatic rings. The highest BCUT2D eigenvalue weighted by Crippen LogP contribution is 2.36. The van der Waals surface area contributed by atoms with Gasteiger partial charge in [0.25, 0.3) is 0 Å². The highest BCUT2D eigenvalue weighted by Gasteiger charge is 2.40. The molecule has 0 spiro atoms. The Balaban J connectivity index is 1.55. The van der Waals surface area contributed by atoms with Crippen LogP contribution < -0.4 is 14.4 Å². The average molecular weight is 461 g/mol. The number of thioether (sulfide) groups is 1. The summed E-state index contributed by atoms with van der Waals surface area (Å²) < 4.78 is 10.7. The predicted molar refractivity (Wildman–Crippen MR) is 123 cm³/mol. The van der Waals surface area contributed by atoms with Crippen LogP contribution in [-0.4, -0.2) is 36.4 Å². The summed E-state index contributed by atoms with van der Waals surface area (Å²) in [6.07, 6.45) is 0.696. The molecule has 33 heavy (non-hydrogen) atoms. The van der Waals surface area contributed by atoms with Crippen molar-refractivity contribution in [2.75, 3.05) is 12.0 Å². The van der Waals surface area contributed by atoms with Crippen LogP contribution in [0.2, 0.25) is 0 Å². The van der Waals surface area contributed by atoms with Crippen molar-refractivity contribution in [1.82, 2.24) is 0 Å². The Morgan fingerprint density at radius 1 is 1.00 bits per heavy atom. The van der Waals surface area contributed by atoms with E-state index in [0.717, 1.165) is 11.8 Å². The number of hydrogen-bond donors (Lipinski definition) is 0. The molecule has 8 heteroatoms. The summed E-state index contributed by atoms with van der Waals surface area (Å²) >= 11 is 1.15. The summed E-state index contributed by atoms with van der Waals surface area (Å²) in [6.45, 7) is 0. The number of nitrogens with zero attached hydrogens (tertiary/aromatic N) is 1. The molecular weight excluding hydrogens is 442 g/mol. The van der Waals surface area contributed by atoms with E-state index in [1.54, 1.807) is 48.5 Å². The molecular formula is C25H19NO6S. The van der Waals surface area contributed by atoms with Crippen LogP contribution in [0.5, 0.6) is 11.5 Å². The third-order valence-electron chi connectivity index (χ3n) is 5.02. The van der Waals surface area contributed by atoms with Gasteiger partial charge >= 0.3 is 5.97 Å². The molecule has 166 valence electrons. The summed E-state index contributed by atoms with van der Waals surface area (Å²) in [7, 11) is 1.41. The van der Waals surface area contributed by atoms with Crippen molar-refractivity contribution >= 4 is 41.5 Å². The van der Waals surface area contributed by atoms with Gasteiger partial charge in [0.2, 0.25) is 11.8 Å². The first kappa shape index (κ1) is 22.3. The molecule has 3 aromatic carbocycles. The number of carbonyl (C=O) groups excluding carboxylic acids is 4. The van der Waals surface area contributed by atoms with E-state index >= 15 is 0 Å². The Morgan fingerprint density at radius 2 is 1.73 bits per heavy atom. The van der Waals surface area contributed by atoms with Crippen LogP contribution >= 0.6 is 11.8 Å². The van der Waals surface area contributed by atoms with Crippen LogP contribution in [0.25, 0.3) is 0 Å². The molecule has 0 N–H and O–H groups in total. The van der Waals surface area contributed by atoms with Gasteiger partial charge in [-0.15, -0.1) is 11.8 Å². The molecule has 1 aliphatic heterocycles. The summed E-state index contributed by atoms with van der Waals surface area (Å²) in [5.74, 6) is -0.857. The zero-order valence-corrected chi connectivity index (χ0v) is 18.4. The lowest BCUT2D eigenvalue weighted by Gasteiger charge is -2.15. The van der Waals surface area contributed by atoms with Gasteiger partial charge in [-0.05, 0) is 42.5 Å². The SMILES string of the molecule is COc1cc(C=O)ccc1OC(=O)c1ccccc1SC1CC(=O)N(c2ccccc2)C1=O. The molecule has 1 saturated heterocycles. The standard InChI is InChI=1S/C25H19NO6S/c1-31-20-13-16(15-27)11-12-19(20)32-25(30)18-9-5-6-10-21(18)33-22-14-23(28)26(24(22)29)17-7-3-2-4-8-17/h2-13,15,22H,14H2,1H3. The van der Waals surface area contributed by atoms with Crippen molar-refractivity contribution in [3.8, 4) is 11.5 Å². The van der Waals surface area contributed by atoms with E-state index in [4.69, 9.17) is 9.47 Å². The van der Waals surface area contributed by atoms with Crippen molar-refractivity contribution in [2.45, 2.75) is 16.6 Å². The number of para-hydroxylation sites is 1. The number of esters is 1. The second kappa shape index (κ2) is 9.70. The number of amides is 2. The molecule has 0 aliphatic carbocycles. The molecule has 0 aromatic heterocycles. The maximum Gasteiger partial charge on any atom is 0.344 e. The zero-order chi connectivity index (χ0) is 23.4. The van der Waals surface area contributed by atoms with Gasteiger partial charge in [0, 0.05) is 16.9 Å². The maximum absolute atomic E-state index is 13.0. The number of carbonyl (C=O) groups is 4. The second-order valence-corrected chi connectivity index (χ2v) is 8.37. The van der Waals surface area contributed by atoms with Crippen LogP contribution in [0.4, 0.5) is 5.69 Å². The van der Waals surface area contributed by atoms with Crippen LogP contribution in [0, 0.1) is 0 Å². The first-order chi connectivity index (χ1) is 16.0. The fourth-order valence-electron chi connectivity index (χ4n) is 3.43. The molecule has 0 saturated carbocycles. The third-order valence-corrected chi connectivity index (χ3v) is 6.29. The van der Waals surface area contributed by atoms with Gasteiger partial charge in [-0.2, -0.15) is 0 Å². The number of rotatable bonds is 7. The maximum atomic E-state index is 13.0. The Kier molecular flexibility index (Phi) is 6.55. The Bertz CT molecular complexity index is 1230. The van der Waals surface area contributed by atoms with Crippen LogP contribution in [0.3, 0.4) is 0 Å². The molecule has 1 atom stereocenters. The fraction of sp³-hybridized carbons (Fsp3) is 0.120. The van der Waals surface area contributed by atoms with Crippen LogP contribution in [0.1, 0.15) is 27.1 Å². The van der Waals surface area contributed by atoms with Gasteiger partial charge in [0.05, 0.1) is 23.6 Å². The quantitative estimate of drug-likeness (QED) is 0.226. The van der Waals surface area contributed by atoms with Crippen molar-refractivity contribution in [2.24, 2.45) is 0 Å². The van der Waals surface area contributed by atoms with E-state index in [-0.39, 0.29) is 35.3 Å².